The average Bonchev–Trinajstić information content (AvgIpc) is 3.00. The van der Waals surface area contributed by atoms with Crippen molar-refractivity contribution in [3.8, 4) is 11.5 Å². The number of amides is 1. The molecule has 0 radical (unpaired) electrons. The first-order valence-corrected chi connectivity index (χ1v) is 9.17. The van der Waals surface area contributed by atoms with Crippen LogP contribution < -0.4 is 0 Å². The van der Waals surface area contributed by atoms with Crippen molar-refractivity contribution in [2.24, 2.45) is 5.92 Å². The maximum Gasteiger partial charge on any atom is 0.410 e. The average molecular weight is 357 g/mol. The molecule has 1 aromatic carbocycles. The summed E-state index contributed by atoms with van der Waals surface area (Å²) in [7, 11) is 0. The highest BCUT2D eigenvalue weighted by Crippen LogP contribution is 2.34. The SMILES string of the molecule is Cc1nnc(-c2ccc([C@H](C)N3CC[C@@](C)(CC(C)C)OC3=O)cc2)o1. The van der Waals surface area contributed by atoms with Crippen molar-refractivity contribution in [3.63, 3.8) is 0 Å². The molecular weight excluding hydrogens is 330 g/mol. The highest BCUT2D eigenvalue weighted by Gasteiger charge is 2.38. The van der Waals surface area contributed by atoms with Crippen molar-refractivity contribution in [2.45, 2.75) is 59.1 Å². The van der Waals surface area contributed by atoms with Gasteiger partial charge in [-0.1, -0.05) is 26.0 Å². The molecule has 6 heteroatoms. The number of aromatic nitrogens is 2. The molecule has 0 aliphatic carbocycles. The molecule has 0 N–H and O–H groups in total. The van der Waals surface area contributed by atoms with Gasteiger partial charge in [0.1, 0.15) is 5.60 Å². The van der Waals surface area contributed by atoms with Crippen molar-refractivity contribution < 1.29 is 13.9 Å². The molecule has 1 aliphatic heterocycles. The first-order valence-electron chi connectivity index (χ1n) is 9.17. The van der Waals surface area contributed by atoms with Crippen molar-refractivity contribution in [1.29, 1.82) is 0 Å². The lowest BCUT2D eigenvalue weighted by atomic mass is 9.89. The highest BCUT2D eigenvalue weighted by atomic mass is 16.6. The van der Waals surface area contributed by atoms with Crippen LogP contribution in [0.4, 0.5) is 4.79 Å². The number of hydrogen-bond acceptors (Lipinski definition) is 5. The van der Waals surface area contributed by atoms with E-state index >= 15 is 0 Å². The zero-order chi connectivity index (χ0) is 18.9. The van der Waals surface area contributed by atoms with E-state index in [-0.39, 0.29) is 17.7 Å². The first kappa shape index (κ1) is 18.4. The molecule has 140 valence electrons. The van der Waals surface area contributed by atoms with E-state index in [1.807, 2.05) is 38.1 Å². The van der Waals surface area contributed by atoms with Crippen LogP contribution in [0.1, 0.15) is 58.0 Å². The molecule has 1 aromatic heterocycles. The predicted molar refractivity (Wildman–Crippen MR) is 98.6 cm³/mol. The van der Waals surface area contributed by atoms with E-state index in [0.717, 1.165) is 24.0 Å². The number of nitrogens with zero attached hydrogens (tertiary/aromatic N) is 3. The zero-order valence-corrected chi connectivity index (χ0v) is 16.2. The number of aryl methyl sites for hydroxylation is 1. The minimum atomic E-state index is -0.360. The molecular formula is C20H27N3O3. The zero-order valence-electron chi connectivity index (χ0n) is 16.2. The summed E-state index contributed by atoms with van der Waals surface area (Å²) in [5, 5.41) is 7.88. The number of hydrogen-bond donors (Lipinski definition) is 0. The van der Waals surface area contributed by atoms with E-state index in [9.17, 15) is 4.79 Å². The van der Waals surface area contributed by atoms with Crippen molar-refractivity contribution in [1.82, 2.24) is 15.1 Å². The summed E-state index contributed by atoms with van der Waals surface area (Å²) in [5.74, 6) is 1.54. The lowest BCUT2D eigenvalue weighted by Gasteiger charge is -2.42. The molecule has 2 aromatic rings. The molecule has 26 heavy (non-hydrogen) atoms. The largest absolute Gasteiger partial charge is 0.443 e. The quantitative estimate of drug-likeness (QED) is 0.772. The molecule has 2 heterocycles. The van der Waals surface area contributed by atoms with Crippen LogP contribution in [-0.2, 0) is 4.74 Å². The Morgan fingerprint density at radius 3 is 2.42 bits per heavy atom. The van der Waals surface area contributed by atoms with Crippen LogP contribution >= 0.6 is 0 Å². The Balaban J connectivity index is 1.69. The van der Waals surface area contributed by atoms with Gasteiger partial charge in [-0.25, -0.2) is 4.79 Å². The van der Waals surface area contributed by atoms with Crippen LogP contribution in [0, 0.1) is 12.8 Å². The van der Waals surface area contributed by atoms with Crippen LogP contribution in [0.2, 0.25) is 0 Å². The number of carbonyl (C=O) groups excluding carboxylic acids is 1. The van der Waals surface area contributed by atoms with Crippen LogP contribution in [0.25, 0.3) is 11.5 Å². The Labute approximate surface area is 154 Å². The molecule has 1 aliphatic rings. The maximum atomic E-state index is 12.6. The number of carbonyl (C=O) groups is 1. The van der Waals surface area contributed by atoms with Crippen molar-refractivity contribution in [3.05, 3.63) is 35.7 Å². The molecule has 0 bridgehead atoms. The lowest BCUT2D eigenvalue weighted by molar-refractivity contribution is -0.0554. The fourth-order valence-corrected chi connectivity index (χ4v) is 3.63. The number of benzene rings is 1. The summed E-state index contributed by atoms with van der Waals surface area (Å²) < 4.78 is 11.2. The Hall–Kier alpha value is -2.37. The van der Waals surface area contributed by atoms with Gasteiger partial charge in [-0.05, 0) is 43.9 Å². The van der Waals surface area contributed by atoms with Gasteiger partial charge in [0.05, 0.1) is 6.04 Å². The molecule has 3 rings (SSSR count). The highest BCUT2D eigenvalue weighted by molar-refractivity contribution is 5.70. The van der Waals surface area contributed by atoms with Gasteiger partial charge in [-0.15, -0.1) is 10.2 Å². The van der Waals surface area contributed by atoms with Gasteiger partial charge in [0, 0.05) is 25.5 Å². The summed E-state index contributed by atoms with van der Waals surface area (Å²) >= 11 is 0. The van der Waals surface area contributed by atoms with Gasteiger partial charge < -0.3 is 14.1 Å². The van der Waals surface area contributed by atoms with Gasteiger partial charge in [0.2, 0.25) is 11.8 Å². The topological polar surface area (TPSA) is 68.5 Å². The third-order valence-corrected chi connectivity index (χ3v) is 4.92. The maximum absolute atomic E-state index is 12.6. The Morgan fingerprint density at radius 1 is 1.19 bits per heavy atom. The summed E-state index contributed by atoms with van der Waals surface area (Å²) in [4.78, 5) is 14.4. The van der Waals surface area contributed by atoms with Crippen LogP contribution in [0.3, 0.4) is 0 Å². The lowest BCUT2D eigenvalue weighted by Crippen LogP contribution is -2.49. The second kappa shape index (κ2) is 7.09. The smallest absolute Gasteiger partial charge is 0.410 e. The predicted octanol–water partition coefficient (Wildman–Crippen LogP) is 4.75. The van der Waals surface area contributed by atoms with Gasteiger partial charge in [-0.2, -0.15) is 0 Å². The van der Waals surface area contributed by atoms with Gasteiger partial charge in [0.15, 0.2) is 0 Å². The van der Waals surface area contributed by atoms with Crippen LogP contribution in [0.5, 0.6) is 0 Å². The molecule has 1 fully saturated rings. The fraction of sp³-hybridized carbons (Fsp3) is 0.550. The molecule has 1 saturated heterocycles. The van der Waals surface area contributed by atoms with E-state index in [1.165, 1.54) is 0 Å². The standard InChI is InChI=1S/C20H27N3O3/c1-13(2)12-20(5)10-11-23(19(24)26-20)14(3)16-6-8-17(9-7-16)18-22-21-15(4)25-18/h6-9,13-14H,10-12H2,1-5H3/t14-,20-/m0/s1. The summed E-state index contributed by atoms with van der Waals surface area (Å²) in [6, 6.07) is 7.82. The summed E-state index contributed by atoms with van der Waals surface area (Å²) in [6.07, 6.45) is 1.50. The van der Waals surface area contributed by atoms with Gasteiger partial charge in [0.25, 0.3) is 0 Å². The third-order valence-electron chi connectivity index (χ3n) is 4.92. The van der Waals surface area contributed by atoms with E-state index in [2.05, 4.69) is 24.0 Å². The van der Waals surface area contributed by atoms with E-state index in [4.69, 9.17) is 9.15 Å². The molecule has 2 atom stereocenters. The number of ether oxygens (including phenoxy) is 1. The van der Waals surface area contributed by atoms with Crippen LogP contribution in [-0.4, -0.2) is 33.3 Å². The second-order valence-electron chi connectivity index (χ2n) is 7.78. The first-order chi connectivity index (χ1) is 12.3. The normalized spacial score (nSPS) is 21.8. The Morgan fingerprint density at radius 2 is 1.88 bits per heavy atom. The Kier molecular flexibility index (Phi) is 5.03. The number of cyclic esters (lactones) is 1. The van der Waals surface area contributed by atoms with E-state index < -0.39 is 0 Å². The van der Waals surface area contributed by atoms with Gasteiger partial charge >= 0.3 is 6.09 Å². The van der Waals surface area contributed by atoms with Crippen LogP contribution in [0.15, 0.2) is 28.7 Å². The Bertz CT molecular complexity index is 769. The van der Waals surface area contributed by atoms with Crippen molar-refractivity contribution >= 4 is 6.09 Å². The number of rotatable bonds is 5. The van der Waals surface area contributed by atoms with E-state index in [1.54, 1.807) is 11.8 Å². The van der Waals surface area contributed by atoms with E-state index in [0.29, 0.717) is 24.2 Å². The molecule has 0 unspecified atom stereocenters. The molecule has 6 nitrogen and oxygen atoms in total. The second-order valence-corrected chi connectivity index (χ2v) is 7.78. The summed E-state index contributed by atoms with van der Waals surface area (Å²) in [5.41, 5.74) is 1.56. The van der Waals surface area contributed by atoms with Crippen molar-refractivity contribution in [2.75, 3.05) is 6.54 Å². The monoisotopic (exact) mass is 357 g/mol. The minimum absolute atomic E-state index is 0.0513. The molecule has 0 saturated carbocycles. The fourth-order valence-electron chi connectivity index (χ4n) is 3.63. The van der Waals surface area contributed by atoms with Gasteiger partial charge in [-0.3, -0.25) is 0 Å². The molecule has 0 spiro atoms. The summed E-state index contributed by atoms with van der Waals surface area (Å²) in [6.45, 7) is 10.8. The molecule has 1 amide bonds. The third kappa shape index (κ3) is 3.89. The minimum Gasteiger partial charge on any atom is -0.443 e.